The Kier molecular flexibility index (Phi) is 3.21. The zero-order valence-electron chi connectivity index (χ0n) is 8.24. The number of nitrogens with one attached hydrogen (secondary N) is 1. The minimum absolute atomic E-state index is 0.00354. The summed E-state index contributed by atoms with van der Waals surface area (Å²) in [6.45, 7) is 0. The van der Waals surface area contributed by atoms with E-state index in [2.05, 4.69) is 33.4 Å². The van der Waals surface area contributed by atoms with Gasteiger partial charge in [-0.15, -0.1) is 0 Å². The number of rotatable bonds is 2. The van der Waals surface area contributed by atoms with Crippen LogP contribution in [0.2, 0.25) is 0 Å². The zero-order chi connectivity index (χ0) is 10.7. The minimum Gasteiger partial charge on any atom is -0.349 e. The van der Waals surface area contributed by atoms with Crippen molar-refractivity contribution in [2.24, 2.45) is 0 Å². The SMILES string of the molecule is O=C(NC1CC=CC1)c1ccccc1Br. The molecule has 0 heterocycles. The fourth-order valence-electron chi connectivity index (χ4n) is 1.64. The summed E-state index contributed by atoms with van der Waals surface area (Å²) in [5.74, 6) is -0.00354. The predicted octanol–water partition coefficient (Wildman–Crippen LogP) is 2.90. The highest BCUT2D eigenvalue weighted by Gasteiger charge is 2.15. The highest BCUT2D eigenvalue weighted by Crippen LogP contribution is 2.17. The third kappa shape index (κ3) is 2.48. The van der Waals surface area contributed by atoms with Gasteiger partial charge in [0.05, 0.1) is 5.56 Å². The second kappa shape index (κ2) is 4.62. The maximum atomic E-state index is 11.9. The monoisotopic (exact) mass is 265 g/mol. The molecule has 1 aromatic carbocycles. The molecule has 0 saturated carbocycles. The van der Waals surface area contributed by atoms with Crippen LogP contribution in [0.15, 0.2) is 40.9 Å². The molecular weight excluding hydrogens is 254 g/mol. The first-order valence-corrected chi connectivity index (χ1v) is 5.77. The van der Waals surface area contributed by atoms with Crippen molar-refractivity contribution in [1.29, 1.82) is 0 Å². The second-order valence-corrected chi connectivity index (χ2v) is 4.45. The van der Waals surface area contributed by atoms with Gasteiger partial charge < -0.3 is 5.32 Å². The van der Waals surface area contributed by atoms with E-state index >= 15 is 0 Å². The normalized spacial score (nSPS) is 15.5. The third-order valence-corrected chi connectivity index (χ3v) is 3.15. The van der Waals surface area contributed by atoms with Crippen molar-refractivity contribution >= 4 is 21.8 Å². The fraction of sp³-hybridized carbons (Fsp3) is 0.250. The van der Waals surface area contributed by atoms with Gasteiger partial charge in [0.1, 0.15) is 0 Å². The molecule has 1 N–H and O–H groups in total. The van der Waals surface area contributed by atoms with Crippen LogP contribution in [0.1, 0.15) is 23.2 Å². The summed E-state index contributed by atoms with van der Waals surface area (Å²) < 4.78 is 0.841. The van der Waals surface area contributed by atoms with Gasteiger partial charge in [0, 0.05) is 10.5 Å². The van der Waals surface area contributed by atoms with E-state index < -0.39 is 0 Å². The van der Waals surface area contributed by atoms with Gasteiger partial charge in [-0.1, -0.05) is 24.3 Å². The highest BCUT2D eigenvalue weighted by atomic mass is 79.9. The van der Waals surface area contributed by atoms with Gasteiger partial charge in [0.25, 0.3) is 5.91 Å². The molecule has 0 radical (unpaired) electrons. The summed E-state index contributed by atoms with van der Waals surface area (Å²) in [4.78, 5) is 11.9. The number of carbonyl (C=O) groups excluding carboxylic acids is 1. The van der Waals surface area contributed by atoms with Crippen molar-refractivity contribution in [3.05, 3.63) is 46.5 Å². The number of halogens is 1. The Morgan fingerprint density at radius 3 is 2.60 bits per heavy atom. The van der Waals surface area contributed by atoms with Crippen LogP contribution in [0.3, 0.4) is 0 Å². The summed E-state index contributed by atoms with van der Waals surface area (Å²) in [6.07, 6.45) is 6.09. The molecule has 1 amide bonds. The van der Waals surface area contributed by atoms with Crippen molar-refractivity contribution in [2.75, 3.05) is 0 Å². The molecule has 0 aliphatic heterocycles. The first-order valence-electron chi connectivity index (χ1n) is 4.98. The van der Waals surface area contributed by atoms with E-state index in [0.29, 0.717) is 5.56 Å². The topological polar surface area (TPSA) is 29.1 Å². The standard InChI is InChI=1S/C12H12BrNO/c13-11-8-4-3-7-10(11)12(15)14-9-5-1-2-6-9/h1-4,7-9H,5-6H2,(H,14,15). The van der Waals surface area contributed by atoms with Crippen molar-refractivity contribution in [3.63, 3.8) is 0 Å². The van der Waals surface area contributed by atoms with Crippen LogP contribution in [0, 0.1) is 0 Å². The Morgan fingerprint density at radius 1 is 1.27 bits per heavy atom. The number of hydrogen-bond donors (Lipinski definition) is 1. The van der Waals surface area contributed by atoms with Gasteiger partial charge in [-0.3, -0.25) is 4.79 Å². The van der Waals surface area contributed by atoms with Gasteiger partial charge in [-0.2, -0.15) is 0 Å². The van der Waals surface area contributed by atoms with Crippen LogP contribution >= 0.6 is 15.9 Å². The van der Waals surface area contributed by atoms with Gasteiger partial charge in [-0.05, 0) is 40.9 Å². The molecule has 3 heteroatoms. The van der Waals surface area contributed by atoms with E-state index in [1.165, 1.54) is 0 Å². The number of benzene rings is 1. The molecule has 2 nitrogen and oxygen atoms in total. The van der Waals surface area contributed by atoms with E-state index in [1.54, 1.807) is 0 Å². The lowest BCUT2D eigenvalue weighted by atomic mass is 10.2. The molecule has 0 aromatic heterocycles. The largest absolute Gasteiger partial charge is 0.349 e. The van der Waals surface area contributed by atoms with E-state index in [9.17, 15) is 4.79 Å². The number of carbonyl (C=O) groups is 1. The average molecular weight is 266 g/mol. The molecule has 0 bridgehead atoms. The van der Waals surface area contributed by atoms with E-state index in [0.717, 1.165) is 17.3 Å². The minimum atomic E-state index is -0.00354. The molecule has 1 aromatic rings. The maximum absolute atomic E-state index is 11.9. The summed E-state index contributed by atoms with van der Waals surface area (Å²) in [6, 6.07) is 7.73. The molecule has 2 rings (SSSR count). The predicted molar refractivity (Wildman–Crippen MR) is 63.8 cm³/mol. The molecule has 15 heavy (non-hydrogen) atoms. The molecule has 1 aliphatic rings. The maximum Gasteiger partial charge on any atom is 0.252 e. The lowest BCUT2D eigenvalue weighted by Gasteiger charge is -2.12. The van der Waals surface area contributed by atoms with Crippen molar-refractivity contribution in [1.82, 2.24) is 5.32 Å². The third-order valence-electron chi connectivity index (χ3n) is 2.46. The quantitative estimate of drug-likeness (QED) is 0.819. The van der Waals surface area contributed by atoms with Crippen LogP contribution in [0.5, 0.6) is 0 Å². The van der Waals surface area contributed by atoms with Crippen molar-refractivity contribution < 1.29 is 4.79 Å². The van der Waals surface area contributed by atoms with Crippen LogP contribution in [0.4, 0.5) is 0 Å². The first-order chi connectivity index (χ1) is 7.27. The number of hydrogen-bond acceptors (Lipinski definition) is 1. The molecular formula is C12H12BrNO. The van der Waals surface area contributed by atoms with Crippen LogP contribution in [0.25, 0.3) is 0 Å². The lowest BCUT2D eigenvalue weighted by Crippen LogP contribution is -2.32. The molecule has 0 fully saturated rings. The zero-order valence-corrected chi connectivity index (χ0v) is 9.83. The Hall–Kier alpha value is -1.09. The fourth-order valence-corrected chi connectivity index (χ4v) is 2.11. The van der Waals surface area contributed by atoms with Crippen molar-refractivity contribution in [2.45, 2.75) is 18.9 Å². The summed E-state index contributed by atoms with van der Waals surface area (Å²) in [5, 5.41) is 3.00. The molecule has 78 valence electrons. The average Bonchev–Trinajstić information content (AvgIpc) is 2.71. The molecule has 1 aliphatic carbocycles. The smallest absolute Gasteiger partial charge is 0.252 e. The second-order valence-electron chi connectivity index (χ2n) is 3.59. The molecule has 0 unspecified atom stereocenters. The molecule has 0 saturated heterocycles. The molecule has 0 atom stereocenters. The van der Waals surface area contributed by atoms with E-state index in [-0.39, 0.29) is 11.9 Å². The Balaban J connectivity index is 2.05. The summed E-state index contributed by atoms with van der Waals surface area (Å²) in [7, 11) is 0. The summed E-state index contributed by atoms with van der Waals surface area (Å²) >= 11 is 3.37. The first kappa shape index (κ1) is 10.4. The van der Waals surface area contributed by atoms with E-state index in [1.807, 2.05) is 24.3 Å². The summed E-state index contributed by atoms with van der Waals surface area (Å²) in [5.41, 5.74) is 0.699. The Bertz CT molecular complexity index is 392. The van der Waals surface area contributed by atoms with Gasteiger partial charge >= 0.3 is 0 Å². The van der Waals surface area contributed by atoms with Crippen LogP contribution in [-0.2, 0) is 0 Å². The van der Waals surface area contributed by atoms with Crippen LogP contribution in [-0.4, -0.2) is 11.9 Å². The van der Waals surface area contributed by atoms with Gasteiger partial charge in [0.15, 0.2) is 0 Å². The van der Waals surface area contributed by atoms with Gasteiger partial charge in [-0.25, -0.2) is 0 Å². The Labute approximate surface area is 97.5 Å². The van der Waals surface area contributed by atoms with E-state index in [4.69, 9.17) is 0 Å². The van der Waals surface area contributed by atoms with Crippen LogP contribution < -0.4 is 5.32 Å². The Morgan fingerprint density at radius 2 is 1.93 bits per heavy atom. The highest BCUT2D eigenvalue weighted by molar-refractivity contribution is 9.10. The lowest BCUT2D eigenvalue weighted by molar-refractivity contribution is 0.0938. The van der Waals surface area contributed by atoms with Crippen molar-refractivity contribution in [3.8, 4) is 0 Å². The van der Waals surface area contributed by atoms with Gasteiger partial charge in [0.2, 0.25) is 0 Å². The molecule has 0 spiro atoms. The number of amides is 1.